The standard InChI is InChI=1S/C12H9ClN2O2/c13-7-3-6-1-2-14-8-5-10(12(16)17)15-9(4-7)11(6)8/h3-5,14H,1-2H2,(H,16,17). The monoisotopic (exact) mass is 248 g/mol. The molecule has 0 spiro atoms. The van der Waals surface area contributed by atoms with Gasteiger partial charge < -0.3 is 10.4 Å². The van der Waals surface area contributed by atoms with Gasteiger partial charge in [0.05, 0.1) is 5.52 Å². The summed E-state index contributed by atoms with van der Waals surface area (Å²) < 4.78 is 0. The number of anilines is 1. The highest BCUT2D eigenvalue weighted by Gasteiger charge is 2.17. The fourth-order valence-electron chi connectivity index (χ4n) is 2.20. The molecule has 0 fully saturated rings. The fraction of sp³-hybridized carbons (Fsp3) is 0.167. The number of benzene rings is 1. The van der Waals surface area contributed by atoms with Crippen LogP contribution < -0.4 is 5.32 Å². The molecule has 4 nitrogen and oxygen atoms in total. The van der Waals surface area contributed by atoms with Crippen LogP contribution in [-0.4, -0.2) is 22.6 Å². The summed E-state index contributed by atoms with van der Waals surface area (Å²) >= 11 is 6.00. The molecule has 0 radical (unpaired) electrons. The average Bonchev–Trinajstić information content (AvgIpc) is 2.28. The van der Waals surface area contributed by atoms with E-state index in [1.54, 1.807) is 12.1 Å². The number of carboxylic acid groups (broad SMARTS) is 1. The molecule has 0 unspecified atom stereocenters. The van der Waals surface area contributed by atoms with Gasteiger partial charge in [0.25, 0.3) is 0 Å². The van der Waals surface area contributed by atoms with E-state index in [1.807, 2.05) is 6.07 Å². The van der Waals surface area contributed by atoms with Gasteiger partial charge in [-0.05, 0) is 30.2 Å². The van der Waals surface area contributed by atoms with Gasteiger partial charge in [0.2, 0.25) is 0 Å². The first-order chi connectivity index (χ1) is 8.15. The summed E-state index contributed by atoms with van der Waals surface area (Å²) in [5.41, 5.74) is 2.61. The number of nitrogens with one attached hydrogen (secondary N) is 1. The fourth-order valence-corrected chi connectivity index (χ4v) is 2.43. The van der Waals surface area contributed by atoms with Crippen molar-refractivity contribution < 1.29 is 9.90 Å². The third-order valence-corrected chi connectivity index (χ3v) is 3.10. The number of pyridine rings is 1. The molecule has 5 heteroatoms. The molecule has 2 heterocycles. The van der Waals surface area contributed by atoms with Crippen LogP contribution in [0.25, 0.3) is 10.9 Å². The Morgan fingerprint density at radius 1 is 1.41 bits per heavy atom. The molecule has 0 bridgehead atoms. The van der Waals surface area contributed by atoms with Gasteiger partial charge >= 0.3 is 5.97 Å². The van der Waals surface area contributed by atoms with Gasteiger partial charge in [-0.2, -0.15) is 0 Å². The van der Waals surface area contributed by atoms with Crippen LogP contribution in [0.15, 0.2) is 18.2 Å². The number of carbonyl (C=O) groups is 1. The molecule has 1 aliphatic rings. The quantitative estimate of drug-likeness (QED) is 0.814. The number of carboxylic acids is 1. The number of hydrogen-bond donors (Lipinski definition) is 2. The second kappa shape index (κ2) is 3.60. The van der Waals surface area contributed by atoms with E-state index in [4.69, 9.17) is 16.7 Å². The lowest BCUT2D eigenvalue weighted by Crippen LogP contribution is -2.13. The molecule has 86 valence electrons. The molecule has 17 heavy (non-hydrogen) atoms. The van der Waals surface area contributed by atoms with Crippen molar-refractivity contribution in [3.63, 3.8) is 0 Å². The van der Waals surface area contributed by atoms with Gasteiger partial charge in [-0.15, -0.1) is 0 Å². The lowest BCUT2D eigenvalue weighted by molar-refractivity contribution is 0.0691. The van der Waals surface area contributed by atoms with Crippen molar-refractivity contribution in [1.82, 2.24) is 4.98 Å². The molecule has 0 saturated heterocycles. The maximum atomic E-state index is 11.0. The minimum atomic E-state index is -1.03. The zero-order valence-electron chi connectivity index (χ0n) is 8.83. The Kier molecular flexibility index (Phi) is 2.19. The van der Waals surface area contributed by atoms with Gasteiger partial charge in [-0.25, -0.2) is 9.78 Å². The SMILES string of the molecule is O=C(O)c1cc2c3c(cc(Cl)cc3n1)CCN2. The summed E-state index contributed by atoms with van der Waals surface area (Å²) in [7, 11) is 0. The molecule has 2 N–H and O–H groups in total. The minimum absolute atomic E-state index is 0.0371. The van der Waals surface area contributed by atoms with Crippen LogP contribution >= 0.6 is 11.6 Å². The van der Waals surface area contributed by atoms with Gasteiger partial charge in [0.1, 0.15) is 0 Å². The molecule has 3 rings (SSSR count). The predicted molar refractivity (Wildman–Crippen MR) is 65.9 cm³/mol. The van der Waals surface area contributed by atoms with E-state index in [2.05, 4.69) is 10.3 Å². The number of nitrogens with zero attached hydrogens (tertiary/aromatic N) is 1. The van der Waals surface area contributed by atoms with Crippen molar-refractivity contribution in [2.75, 3.05) is 11.9 Å². The van der Waals surface area contributed by atoms with Crippen molar-refractivity contribution in [3.05, 3.63) is 34.5 Å². The van der Waals surface area contributed by atoms with Crippen LogP contribution in [-0.2, 0) is 6.42 Å². The zero-order valence-corrected chi connectivity index (χ0v) is 9.58. The Labute approximate surface area is 102 Å². The van der Waals surface area contributed by atoms with Crippen LogP contribution in [0.2, 0.25) is 5.02 Å². The zero-order chi connectivity index (χ0) is 12.0. The summed E-state index contributed by atoms with van der Waals surface area (Å²) in [4.78, 5) is 15.1. The summed E-state index contributed by atoms with van der Waals surface area (Å²) in [5, 5.41) is 13.8. The Morgan fingerprint density at radius 3 is 3.00 bits per heavy atom. The Morgan fingerprint density at radius 2 is 2.24 bits per heavy atom. The summed E-state index contributed by atoms with van der Waals surface area (Å²) in [6.45, 7) is 0.783. The second-order valence-electron chi connectivity index (χ2n) is 4.00. The first-order valence-corrected chi connectivity index (χ1v) is 5.63. The molecule has 0 aliphatic carbocycles. The Balaban J connectivity index is 2.40. The number of aromatic carboxylic acids is 1. The largest absolute Gasteiger partial charge is 0.477 e. The van der Waals surface area contributed by atoms with E-state index >= 15 is 0 Å². The maximum Gasteiger partial charge on any atom is 0.354 e. The molecular formula is C12H9ClN2O2. The lowest BCUT2D eigenvalue weighted by Gasteiger charge is -2.19. The number of hydrogen-bond acceptors (Lipinski definition) is 3. The third kappa shape index (κ3) is 1.61. The normalized spacial score (nSPS) is 13.5. The Hall–Kier alpha value is -1.81. The van der Waals surface area contributed by atoms with Crippen LogP contribution in [0.5, 0.6) is 0 Å². The smallest absolute Gasteiger partial charge is 0.354 e. The van der Waals surface area contributed by atoms with E-state index in [0.717, 1.165) is 29.6 Å². The maximum absolute atomic E-state index is 11.0. The number of rotatable bonds is 1. The highest BCUT2D eigenvalue weighted by molar-refractivity contribution is 6.31. The van der Waals surface area contributed by atoms with E-state index in [-0.39, 0.29) is 5.69 Å². The third-order valence-electron chi connectivity index (χ3n) is 2.88. The highest BCUT2D eigenvalue weighted by Crippen LogP contribution is 2.32. The van der Waals surface area contributed by atoms with Gasteiger partial charge in [0, 0.05) is 22.6 Å². The molecule has 1 aliphatic heterocycles. The van der Waals surface area contributed by atoms with E-state index in [0.29, 0.717) is 10.5 Å². The van der Waals surface area contributed by atoms with Gasteiger partial charge in [-0.3, -0.25) is 0 Å². The minimum Gasteiger partial charge on any atom is -0.477 e. The van der Waals surface area contributed by atoms with Crippen LogP contribution in [0.1, 0.15) is 16.1 Å². The van der Waals surface area contributed by atoms with Crippen molar-refractivity contribution in [2.24, 2.45) is 0 Å². The molecule has 2 aromatic rings. The average molecular weight is 249 g/mol. The summed E-state index contributed by atoms with van der Waals surface area (Å²) in [6, 6.07) is 5.18. The molecule has 0 amide bonds. The predicted octanol–water partition coefficient (Wildman–Crippen LogP) is 2.55. The van der Waals surface area contributed by atoms with E-state index in [9.17, 15) is 4.79 Å². The Bertz CT molecular complexity index is 640. The topological polar surface area (TPSA) is 62.2 Å². The molecule has 0 atom stereocenters. The van der Waals surface area contributed by atoms with E-state index in [1.165, 1.54) is 0 Å². The van der Waals surface area contributed by atoms with Crippen molar-refractivity contribution >= 4 is 34.2 Å². The molecular weight excluding hydrogens is 240 g/mol. The number of aromatic nitrogens is 1. The van der Waals surface area contributed by atoms with Gasteiger partial charge in [-0.1, -0.05) is 11.6 Å². The lowest BCUT2D eigenvalue weighted by atomic mass is 10.00. The first-order valence-electron chi connectivity index (χ1n) is 5.25. The first kappa shape index (κ1) is 10.4. The number of halogens is 1. The molecule has 1 aromatic heterocycles. The highest BCUT2D eigenvalue weighted by atomic mass is 35.5. The molecule has 0 saturated carbocycles. The summed E-state index contributed by atoms with van der Waals surface area (Å²) in [6.07, 6.45) is 0.873. The van der Waals surface area contributed by atoms with E-state index < -0.39 is 5.97 Å². The van der Waals surface area contributed by atoms with Crippen molar-refractivity contribution in [1.29, 1.82) is 0 Å². The second-order valence-corrected chi connectivity index (χ2v) is 4.43. The van der Waals surface area contributed by atoms with Gasteiger partial charge in [0.15, 0.2) is 5.69 Å². The van der Waals surface area contributed by atoms with Crippen LogP contribution in [0, 0.1) is 0 Å². The van der Waals surface area contributed by atoms with Crippen molar-refractivity contribution in [3.8, 4) is 0 Å². The van der Waals surface area contributed by atoms with Crippen molar-refractivity contribution in [2.45, 2.75) is 6.42 Å². The summed E-state index contributed by atoms with van der Waals surface area (Å²) in [5.74, 6) is -1.03. The molecule has 1 aromatic carbocycles. The van der Waals surface area contributed by atoms with Crippen LogP contribution in [0.4, 0.5) is 5.69 Å². The van der Waals surface area contributed by atoms with Crippen LogP contribution in [0.3, 0.4) is 0 Å².